The molecular formula is C28H24Cl2N2O6. The van der Waals surface area contributed by atoms with Crippen LogP contribution in [0.3, 0.4) is 0 Å². The predicted molar refractivity (Wildman–Crippen MR) is 145 cm³/mol. The van der Waals surface area contributed by atoms with Crippen LogP contribution in [0.1, 0.15) is 25.0 Å². The first-order chi connectivity index (χ1) is 18.3. The lowest BCUT2D eigenvalue weighted by atomic mass is 10.1. The Morgan fingerprint density at radius 1 is 0.842 bits per heavy atom. The van der Waals surface area contributed by atoms with Gasteiger partial charge in [0.1, 0.15) is 17.9 Å². The van der Waals surface area contributed by atoms with Crippen molar-refractivity contribution < 1.29 is 28.6 Å². The Morgan fingerprint density at radius 2 is 1.58 bits per heavy atom. The summed E-state index contributed by atoms with van der Waals surface area (Å²) in [4.78, 5) is 39.2. The van der Waals surface area contributed by atoms with Gasteiger partial charge in [-0.2, -0.15) is 0 Å². The van der Waals surface area contributed by atoms with Gasteiger partial charge >= 0.3 is 6.03 Å². The molecule has 10 heteroatoms. The van der Waals surface area contributed by atoms with Crippen LogP contribution in [0.4, 0.5) is 10.5 Å². The number of nitrogens with zero attached hydrogens (tertiary/aromatic N) is 1. The van der Waals surface area contributed by atoms with Crippen LogP contribution in [0.5, 0.6) is 17.2 Å². The minimum absolute atomic E-state index is 0.177. The summed E-state index contributed by atoms with van der Waals surface area (Å²) in [7, 11) is 0. The van der Waals surface area contributed by atoms with Crippen molar-refractivity contribution in [3.8, 4) is 17.2 Å². The Balaban J connectivity index is 1.59. The van der Waals surface area contributed by atoms with Crippen molar-refractivity contribution >= 4 is 52.8 Å². The van der Waals surface area contributed by atoms with Crippen LogP contribution in [0.15, 0.2) is 66.2 Å². The molecule has 0 radical (unpaired) electrons. The van der Waals surface area contributed by atoms with E-state index in [0.29, 0.717) is 51.8 Å². The molecule has 1 saturated heterocycles. The molecule has 0 aliphatic carbocycles. The van der Waals surface area contributed by atoms with Crippen molar-refractivity contribution in [3.05, 3.63) is 87.4 Å². The van der Waals surface area contributed by atoms with Gasteiger partial charge in [0.25, 0.3) is 11.8 Å². The second kappa shape index (κ2) is 12.0. The van der Waals surface area contributed by atoms with Gasteiger partial charge in [-0.15, -0.1) is 0 Å². The summed E-state index contributed by atoms with van der Waals surface area (Å²) in [5, 5.41) is 3.22. The molecule has 4 amide bonds. The van der Waals surface area contributed by atoms with Crippen LogP contribution in [-0.4, -0.2) is 31.1 Å². The number of anilines is 1. The highest BCUT2D eigenvalue weighted by Crippen LogP contribution is 2.32. The standard InChI is InChI=1S/C28H24Cl2N2O6/c1-3-36-21-10-8-20(9-11-21)32-27(34)22(26(33)31-28(32)35)13-17-5-12-24(25(14-17)37-4-2)38-16-18-6-7-19(29)15-23(18)30/h5-15H,3-4,16H2,1-2H3,(H,31,33,35)/b22-13-. The summed E-state index contributed by atoms with van der Waals surface area (Å²) in [6.07, 6.45) is 1.40. The van der Waals surface area contributed by atoms with E-state index < -0.39 is 17.8 Å². The number of carbonyl (C=O) groups is 3. The van der Waals surface area contributed by atoms with Crippen molar-refractivity contribution in [2.75, 3.05) is 18.1 Å². The molecule has 3 aromatic carbocycles. The third kappa shape index (κ3) is 6.10. The lowest BCUT2D eigenvalue weighted by Gasteiger charge is -2.26. The topological polar surface area (TPSA) is 94.2 Å². The van der Waals surface area contributed by atoms with E-state index in [1.807, 2.05) is 13.8 Å². The van der Waals surface area contributed by atoms with Crippen LogP contribution in [0.25, 0.3) is 6.08 Å². The molecule has 4 rings (SSSR count). The molecule has 1 heterocycles. The summed E-state index contributed by atoms with van der Waals surface area (Å²) in [6, 6.07) is 15.7. The maximum atomic E-state index is 13.2. The molecule has 0 aromatic heterocycles. The Hall–Kier alpha value is -4.01. The molecule has 196 valence electrons. The quantitative estimate of drug-likeness (QED) is 0.256. The fourth-order valence-electron chi connectivity index (χ4n) is 3.71. The molecular weight excluding hydrogens is 531 g/mol. The summed E-state index contributed by atoms with van der Waals surface area (Å²) < 4.78 is 17.1. The molecule has 0 bridgehead atoms. The molecule has 1 fully saturated rings. The predicted octanol–water partition coefficient (Wildman–Crippen LogP) is 6.04. The summed E-state index contributed by atoms with van der Waals surface area (Å²) >= 11 is 12.2. The second-order valence-corrected chi connectivity index (χ2v) is 8.89. The van der Waals surface area contributed by atoms with Gasteiger partial charge in [-0.25, -0.2) is 9.69 Å². The molecule has 1 aliphatic heterocycles. The van der Waals surface area contributed by atoms with E-state index in [1.165, 1.54) is 6.08 Å². The minimum Gasteiger partial charge on any atom is -0.494 e. The van der Waals surface area contributed by atoms with Crippen LogP contribution < -0.4 is 24.4 Å². The SMILES string of the molecule is CCOc1ccc(N2C(=O)NC(=O)/C(=C/c3ccc(OCc4ccc(Cl)cc4Cl)c(OCC)c3)C2=O)cc1. The lowest BCUT2D eigenvalue weighted by Crippen LogP contribution is -2.54. The molecule has 3 aromatic rings. The van der Waals surface area contributed by atoms with Crippen LogP contribution in [0, 0.1) is 0 Å². The normalized spacial score (nSPS) is 14.5. The second-order valence-electron chi connectivity index (χ2n) is 8.05. The molecule has 0 unspecified atom stereocenters. The fourth-order valence-corrected chi connectivity index (χ4v) is 4.18. The Labute approximate surface area is 229 Å². The van der Waals surface area contributed by atoms with Gasteiger partial charge < -0.3 is 14.2 Å². The fraction of sp³-hybridized carbons (Fsp3) is 0.179. The van der Waals surface area contributed by atoms with Crippen LogP contribution in [0.2, 0.25) is 10.0 Å². The number of nitrogens with one attached hydrogen (secondary N) is 1. The molecule has 0 saturated carbocycles. The number of amides is 4. The minimum atomic E-state index is -0.832. The highest BCUT2D eigenvalue weighted by molar-refractivity contribution is 6.39. The maximum Gasteiger partial charge on any atom is 0.335 e. The highest BCUT2D eigenvalue weighted by Gasteiger charge is 2.36. The van der Waals surface area contributed by atoms with Gasteiger partial charge in [-0.1, -0.05) is 35.3 Å². The number of barbiturate groups is 1. The third-order valence-electron chi connectivity index (χ3n) is 5.48. The largest absolute Gasteiger partial charge is 0.494 e. The van der Waals surface area contributed by atoms with E-state index in [0.717, 1.165) is 10.5 Å². The molecule has 1 aliphatic rings. The Kier molecular flexibility index (Phi) is 8.55. The average molecular weight is 555 g/mol. The molecule has 0 spiro atoms. The number of rotatable bonds is 9. The number of hydrogen-bond donors (Lipinski definition) is 1. The summed E-state index contributed by atoms with van der Waals surface area (Å²) in [5.74, 6) is -0.0887. The molecule has 38 heavy (non-hydrogen) atoms. The smallest absolute Gasteiger partial charge is 0.335 e. The first-order valence-corrected chi connectivity index (χ1v) is 12.5. The van der Waals surface area contributed by atoms with Gasteiger partial charge in [0.2, 0.25) is 0 Å². The molecule has 1 N–H and O–H groups in total. The van der Waals surface area contributed by atoms with E-state index >= 15 is 0 Å². The first kappa shape index (κ1) is 27.0. The number of halogens is 2. The zero-order valence-electron chi connectivity index (χ0n) is 20.6. The number of imide groups is 2. The van der Waals surface area contributed by atoms with E-state index in [2.05, 4.69) is 5.32 Å². The zero-order chi connectivity index (χ0) is 27.2. The van der Waals surface area contributed by atoms with Gasteiger partial charge in [0.15, 0.2) is 11.5 Å². The van der Waals surface area contributed by atoms with Crippen LogP contribution >= 0.6 is 23.2 Å². The van der Waals surface area contributed by atoms with Crippen molar-refractivity contribution in [2.45, 2.75) is 20.5 Å². The van der Waals surface area contributed by atoms with Gasteiger partial charge in [-0.05, 0) is 74.0 Å². The number of hydrogen-bond acceptors (Lipinski definition) is 6. The summed E-state index contributed by atoms with van der Waals surface area (Å²) in [6.45, 7) is 4.69. The Bertz CT molecular complexity index is 1400. The van der Waals surface area contributed by atoms with E-state index in [4.69, 9.17) is 37.4 Å². The zero-order valence-corrected chi connectivity index (χ0v) is 22.1. The van der Waals surface area contributed by atoms with Crippen LogP contribution in [-0.2, 0) is 16.2 Å². The molecule has 0 atom stereocenters. The van der Waals surface area contributed by atoms with Crippen molar-refractivity contribution in [1.82, 2.24) is 5.32 Å². The van der Waals surface area contributed by atoms with Gasteiger partial charge in [-0.3, -0.25) is 14.9 Å². The maximum absolute atomic E-state index is 13.2. The number of benzene rings is 3. The van der Waals surface area contributed by atoms with Crippen molar-refractivity contribution in [3.63, 3.8) is 0 Å². The van der Waals surface area contributed by atoms with Crippen molar-refractivity contribution in [2.24, 2.45) is 0 Å². The summed E-state index contributed by atoms with van der Waals surface area (Å²) in [5.41, 5.74) is 1.34. The van der Waals surface area contributed by atoms with Gasteiger partial charge in [0, 0.05) is 15.6 Å². The van der Waals surface area contributed by atoms with E-state index in [1.54, 1.807) is 60.7 Å². The third-order valence-corrected chi connectivity index (χ3v) is 6.07. The van der Waals surface area contributed by atoms with E-state index in [9.17, 15) is 14.4 Å². The van der Waals surface area contributed by atoms with E-state index in [-0.39, 0.29) is 12.2 Å². The number of ether oxygens (including phenoxy) is 3. The monoisotopic (exact) mass is 554 g/mol. The molecule has 8 nitrogen and oxygen atoms in total. The number of urea groups is 1. The average Bonchev–Trinajstić information content (AvgIpc) is 2.88. The first-order valence-electron chi connectivity index (χ1n) is 11.8. The highest BCUT2D eigenvalue weighted by atomic mass is 35.5. The van der Waals surface area contributed by atoms with Gasteiger partial charge in [0.05, 0.1) is 18.9 Å². The Morgan fingerprint density at radius 3 is 2.26 bits per heavy atom. The van der Waals surface area contributed by atoms with Crippen molar-refractivity contribution in [1.29, 1.82) is 0 Å². The lowest BCUT2D eigenvalue weighted by molar-refractivity contribution is -0.122. The number of carbonyl (C=O) groups excluding carboxylic acids is 3.